The van der Waals surface area contributed by atoms with Gasteiger partial charge in [-0.1, -0.05) is 0 Å². The molecule has 0 aliphatic heterocycles. The van der Waals surface area contributed by atoms with Crippen LogP contribution >= 0.6 is 0 Å². The molecule has 0 fully saturated rings. The maximum Gasteiger partial charge on any atom is 0.191 e. The lowest BCUT2D eigenvalue weighted by atomic mass is 10.1. The van der Waals surface area contributed by atoms with E-state index in [1.54, 1.807) is 37.0 Å². The summed E-state index contributed by atoms with van der Waals surface area (Å²) in [6.45, 7) is 1.64. The van der Waals surface area contributed by atoms with Crippen LogP contribution in [0.5, 0.6) is 0 Å². The van der Waals surface area contributed by atoms with Crippen LogP contribution in [0.2, 0.25) is 0 Å². The normalized spacial score (nSPS) is 10.9. The molecule has 3 aromatic rings. The van der Waals surface area contributed by atoms with Crippen LogP contribution < -0.4 is 5.73 Å². The summed E-state index contributed by atoms with van der Waals surface area (Å²) in [6, 6.07) is 4.80. The molecule has 0 unspecified atom stereocenters. The number of rotatable bonds is 2. The van der Waals surface area contributed by atoms with E-state index in [-0.39, 0.29) is 11.4 Å². The van der Waals surface area contributed by atoms with Crippen LogP contribution in [0.25, 0.3) is 17.2 Å². The number of nitrogen functional groups attached to an aromatic ring is 1. The molecule has 0 amide bonds. The molecule has 0 aliphatic rings. The second-order valence-corrected chi connectivity index (χ2v) is 4.46. The van der Waals surface area contributed by atoms with Crippen molar-refractivity contribution in [2.75, 3.05) is 5.73 Å². The first-order valence-corrected chi connectivity index (χ1v) is 5.90. The minimum atomic E-state index is -0.397. The number of benzene rings is 1. The maximum absolute atomic E-state index is 14.3. The SMILES string of the molecule is Cc1cc(N)cc(-c2nnnn2-c2ccn(C)n2)c1F. The summed E-state index contributed by atoms with van der Waals surface area (Å²) in [6.07, 6.45) is 1.75. The lowest BCUT2D eigenvalue weighted by Crippen LogP contribution is -2.04. The van der Waals surface area contributed by atoms with Crippen molar-refractivity contribution in [3.8, 4) is 17.2 Å². The molecule has 0 radical (unpaired) electrons. The second-order valence-electron chi connectivity index (χ2n) is 4.46. The number of aryl methyl sites for hydroxylation is 2. The summed E-state index contributed by atoms with van der Waals surface area (Å²) in [5.74, 6) is 0.370. The Morgan fingerprint density at radius 2 is 2.10 bits per heavy atom. The average Bonchev–Trinajstić information content (AvgIpc) is 3.01. The summed E-state index contributed by atoms with van der Waals surface area (Å²) in [7, 11) is 1.78. The number of aromatic nitrogens is 6. The molecule has 0 saturated carbocycles. The Labute approximate surface area is 113 Å². The molecule has 2 aromatic heterocycles. The van der Waals surface area contributed by atoms with Gasteiger partial charge in [-0.05, 0) is 35.0 Å². The van der Waals surface area contributed by atoms with E-state index in [0.717, 1.165) is 0 Å². The Hall–Kier alpha value is -2.77. The van der Waals surface area contributed by atoms with Crippen molar-refractivity contribution >= 4 is 5.69 Å². The van der Waals surface area contributed by atoms with Crippen molar-refractivity contribution in [1.82, 2.24) is 30.0 Å². The quantitative estimate of drug-likeness (QED) is 0.706. The molecule has 2 heterocycles. The zero-order valence-corrected chi connectivity index (χ0v) is 10.9. The highest BCUT2D eigenvalue weighted by molar-refractivity contribution is 5.64. The first kappa shape index (κ1) is 12.3. The van der Waals surface area contributed by atoms with Crippen LogP contribution in [0.4, 0.5) is 10.1 Å². The zero-order chi connectivity index (χ0) is 14.3. The molecule has 7 nitrogen and oxygen atoms in total. The van der Waals surface area contributed by atoms with Crippen LogP contribution in [0.15, 0.2) is 24.4 Å². The van der Waals surface area contributed by atoms with Crippen LogP contribution in [0, 0.1) is 12.7 Å². The fourth-order valence-corrected chi connectivity index (χ4v) is 1.99. The molecule has 3 rings (SSSR count). The standard InChI is InChI=1S/C12H12FN7/c1-7-5-8(14)6-9(11(7)13)12-15-17-18-20(12)10-3-4-19(2)16-10/h3-6H,14H2,1-2H3. The van der Waals surface area contributed by atoms with Gasteiger partial charge in [0.1, 0.15) is 5.82 Å². The van der Waals surface area contributed by atoms with Gasteiger partial charge in [-0.15, -0.1) is 5.10 Å². The number of tetrazole rings is 1. The third-order valence-electron chi connectivity index (χ3n) is 2.90. The highest BCUT2D eigenvalue weighted by atomic mass is 19.1. The Kier molecular flexibility index (Phi) is 2.70. The third-order valence-corrected chi connectivity index (χ3v) is 2.90. The summed E-state index contributed by atoms with van der Waals surface area (Å²) in [5.41, 5.74) is 6.90. The Morgan fingerprint density at radius 3 is 2.80 bits per heavy atom. The van der Waals surface area contributed by atoms with E-state index in [4.69, 9.17) is 5.73 Å². The smallest absolute Gasteiger partial charge is 0.191 e. The molecule has 1 aromatic carbocycles. The van der Waals surface area contributed by atoms with Crippen molar-refractivity contribution in [3.05, 3.63) is 35.8 Å². The summed E-state index contributed by atoms with van der Waals surface area (Å²) >= 11 is 0. The van der Waals surface area contributed by atoms with Crippen molar-refractivity contribution in [3.63, 3.8) is 0 Å². The maximum atomic E-state index is 14.3. The molecule has 102 valence electrons. The highest BCUT2D eigenvalue weighted by Gasteiger charge is 2.18. The molecule has 0 bridgehead atoms. The lowest BCUT2D eigenvalue weighted by molar-refractivity contribution is 0.619. The van der Waals surface area contributed by atoms with E-state index >= 15 is 0 Å². The number of hydrogen-bond acceptors (Lipinski definition) is 5. The van der Waals surface area contributed by atoms with Gasteiger partial charge in [0, 0.05) is 25.0 Å². The van der Waals surface area contributed by atoms with Gasteiger partial charge < -0.3 is 5.73 Å². The Morgan fingerprint density at radius 1 is 1.30 bits per heavy atom. The minimum absolute atomic E-state index is 0.248. The summed E-state index contributed by atoms with van der Waals surface area (Å²) in [4.78, 5) is 0. The molecule has 20 heavy (non-hydrogen) atoms. The summed E-state index contributed by atoms with van der Waals surface area (Å²) in [5, 5.41) is 15.5. The Balaban J connectivity index is 2.20. The first-order chi connectivity index (χ1) is 9.56. The molecule has 0 aliphatic carbocycles. The van der Waals surface area contributed by atoms with Crippen LogP contribution in [-0.2, 0) is 7.05 Å². The van der Waals surface area contributed by atoms with E-state index < -0.39 is 5.82 Å². The van der Waals surface area contributed by atoms with Gasteiger partial charge in [0.05, 0.1) is 5.56 Å². The van der Waals surface area contributed by atoms with Crippen molar-refractivity contribution in [1.29, 1.82) is 0 Å². The summed E-state index contributed by atoms with van der Waals surface area (Å²) < 4.78 is 17.2. The van der Waals surface area contributed by atoms with Gasteiger partial charge in [-0.2, -0.15) is 9.78 Å². The van der Waals surface area contributed by atoms with Crippen molar-refractivity contribution < 1.29 is 4.39 Å². The number of nitrogens with two attached hydrogens (primary N) is 1. The van der Waals surface area contributed by atoms with Gasteiger partial charge in [0.15, 0.2) is 11.6 Å². The lowest BCUT2D eigenvalue weighted by Gasteiger charge is -2.06. The van der Waals surface area contributed by atoms with Gasteiger partial charge in [0.2, 0.25) is 0 Å². The van der Waals surface area contributed by atoms with Crippen LogP contribution in [-0.4, -0.2) is 30.0 Å². The van der Waals surface area contributed by atoms with Crippen molar-refractivity contribution in [2.45, 2.75) is 6.92 Å². The predicted molar refractivity (Wildman–Crippen MR) is 70.5 cm³/mol. The topological polar surface area (TPSA) is 87.4 Å². The number of halogens is 1. The first-order valence-electron chi connectivity index (χ1n) is 5.90. The van der Waals surface area contributed by atoms with Crippen molar-refractivity contribution in [2.24, 2.45) is 7.05 Å². The highest BCUT2D eigenvalue weighted by Crippen LogP contribution is 2.26. The molecule has 2 N–H and O–H groups in total. The number of anilines is 1. The molecular formula is C12H12FN7. The van der Waals surface area contributed by atoms with E-state index in [0.29, 0.717) is 17.1 Å². The molecular weight excluding hydrogens is 261 g/mol. The predicted octanol–water partition coefficient (Wildman–Crippen LogP) is 1.09. The number of hydrogen-bond donors (Lipinski definition) is 1. The second kappa shape index (κ2) is 4.41. The van der Waals surface area contributed by atoms with E-state index in [9.17, 15) is 4.39 Å². The fraction of sp³-hybridized carbons (Fsp3) is 0.167. The third kappa shape index (κ3) is 1.91. The van der Waals surface area contributed by atoms with Crippen LogP contribution in [0.1, 0.15) is 5.56 Å². The molecule has 0 saturated heterocycles. The van der Waals surface area contributed by atoms with Gasteiger partial charge in [-0.3, -0.25) is 4.68 Å². The van der Waals surface area contributed by atoms with Gasteiger partial charge in [-0.25, -0.2) is 4.39 Å². The fourth-order valence-electron chi connectivity index (χ4n) is 1.99. The van der Waals surface area contributed by atoms with Crippen LogP contribution in [0.3, 0.4) is 0 Å². The number of nitrogens with zero attached hydrogens (tertiary/aromatic N) is 6. The minimum Gasteiger partial charge on any atom is -0.399 e. The van der Waals surface area contributed by atoms with E-state index in [2.05, 4.69) is 20.6 Å². The zero-order valence-electron chi connectivity index (χ0n) is 10.9. The van der Waals surface area contributed by atoms with E-state index in [1.165, 1.54) is 10.7 Å². The van der Waals surface area contributed by atoms with E-state index in [1.807, 2.05) is 0 Å². The average molecular weight is 273 g/mol. The molecule has 8 heteroatoms. The monoisotopic (exact) mass is 273 g/mol. The molecule has 0 spiro atoms. The van der Waals surface area contributed by atoms with Gasteiger partial charge in [0.25, 0.3) is 0 Å². The van der Waals surface area contributed by atoms with Gasteiger partial charge >= 0.3 is 0 Å². The Bertz CT molecular complexity index is 774. The molecule has 0 atom stereocenters. The largest absolute Gasteiger partial charge is 0.399 e.